The average Bonchev–Trinajstić information content (AvgIpc) is 2.84. The van der Waals surface area contributed by atoms with E-state index in [2.05, 4.69) is 29.2 Å². The summed E-state index contributed by atoms with van der Waals surface area (Å²) < 4.78 is 2.00. The predicted octanol–water partition coefficient (Wildman–Crippen LogP) is 2.15. The molecule has 17 heavy (non-hydrogen) atoms. The standard InChI is InChI=1S/C13H18N4/c1-3-17-12(7-9-16-17)10-15-11(2)13-6-4-5-8-14-13/h4-9,11,15H,3,10H2,1-2H3/t11-/m1/s1. The van der Waals surface area contributed by atoms with Gasteiger partial charge >= 0.3 is 0 Å². The minimum atomic E-state index is 0.247. The fourth-order valence-corrected chi connectivity index (χ4v) is 1.79. The minimum Gasteiger partial charge on any atom is -0.303 e. The SMILES string of the molecule is CCn1nccc1CN[C@H](C)c1ccccn1. The highest BCUT2D eigenvalue weighted by atomic mass is 15.3. The Morgan fingerprint density at radius 1 is 1.29 bits per heavy atom. The Morgan fingerprint density at radius 3 is 2.88 bits per heavy atom. The van der Waals surface area contributed by atoms with Crippen LogP contribution in [0.4, 0.5) is 0 Å². The Kier molecular flexibility index (Phi) is 3.88. The van der Waals surface area contributed by atoms with Crippen molar-refractivity contribution in [3.63, 3.8) is 0 Å². The van der Waals surface area contributed by atoms with E-state index in [0.717, 1.165) is 18.8 Å². The number of nitrogens with zero attached hydrogens (tertiary/aromatic N) is 3. The van der Waals surface area contributed by atoms with Gasteiger partial charge in [0.2, 0.25) is 0 Å². The van der Waals surface area contributed by atoms with E-state index >= 15 is 0 Å². The fourth-order valence-electron chi connectivity index (χ4n) is 1.79. The van der Waals surface area contributed by atoms with Gasteiger partial charge in [-0.25, -0.2) is 0 Å². The quantitative estimate of drug-likeness (QED) is 0.855. The van der Waals surface area contributed by atoms with Crippen LogP contribution in [0.3, 0.4) is 0 Å². The monoisotopic (exact) mass is 230 g/mol. The smallest absolute Gasteiger partial charge is 0.0570 e. The lowest BCUT2D eigenvalue weighted by molar-refractivity contribution is 0.524. The van der Waals surface area contributed by atoms with Gasteiger partial charge < -0.3 is 5.32 Å². The normalized spacial score (nSPS) is 12.6. The van der Waals surface area contributed by atoms with Crippen LogP contribution in [-0.2, 0) is 13.1 Å². The molecule has 0 saturated heterocycles. The van der Waals surface area contributed by atoms with Crippen LogP contribution in [0.15, 0.2) is 36.7 Å². The van der Waals surface area contributed by atoms with Crippen molar-refractivity contribution in [2.24, 2.45) is 0 Å². The second-order valence-corrected chi connectivity index (χ2v) is 4.00. The molecule has 0 amide bonds. The molecule has 4 heteroatoms. The molecule has 0 aliphatic rings. The summed E-state index contributed by atoms with van der Waals surface area (Å²) in [6.07, 6.45) is 3.66. The van der Waals surface area contributed by atoms with Crippen molar-refractivity contribution in [2.45, 2.75) is 33.0 Å². The number of aryl methyl sites for hydroxylation is 1. The molecule has 0 spiro atoms. The largest absolute Gasteiger partial charge is 0.303 e. The van der Waals surface area contributed by atoms with Gasteiger partial charge in [-0.3, -0.25) is 9.67 Å². The summed E-state index contributed by atoms with van der Waals surface area (Å²) in [6.45, 7) is 5.93. The molecule has 1 atom stereocenters. The Morgan fingerprint density at radius 2 is 2.18 bits per heavy atom. The highest BCUT2D eigenvalue weighted by Gasteiger charge is 2.07. The zero-order chi connectivity index (χ0) is 12.1. The van der Waals surface area contributed by atoms with E-state index in [1.807, 2.05) is 41.3 Å². The maximum absolute atomic E-state index is 4.34. The number of hydrogen-bond donors (Lipinski definition) is 1. The molecule has 0 fully saturated rings. The van der Waals surface area contributed by atoms with E-state index in [1.165, 1.54) is 5.69 Å². The zero-order valence-electron chi connectivity index (χ0n) is 10.3. The molecule has 0 saturated carbocycles. The van der Waals surface area contributed by atoms with E-state index in [1.54, 1.807) is 0 Å². The summed E-state index contributed by atoms with van der Waals surface area (Å²) in [5, 5.41) is 7.70. The molecule has 0 bridgehead atoms. The van der Waals surface area contributed by atoms with E-state index in [4.69, 9.17) is 0 Å². The zero-order valence-corrected chi connectivity index (χ0v) is 10.3. The molecule has 2 aromatic heterocycles. The van der Waals surface area contributed by atoms with Gasteiger partial charge in [-0.05, 0) is 32.0 Å². The van der Waals surface area contributed by atoms with Gasteiger partial charge in [0.15, 0.2) is 0 Å². The van der Waals surface area contributed by atoms with Crippen LogP contribution in [0.25, 0.3) is 0 Å². The van der Waals surface area contributed by atoms with Crippen molar-refractivity contribution >= 4 is 0 Å². The van der Waals surface area contributed by atoms with Crippen LogP contribution in [0.5, 0.6) is 0 Å². The van der Waals surface area contributed by atoms with E-state index in [9.17, 15) is 0 Å². The molecule has 90 valence electrons. The van der Waals surface area contributed by atoms with Crippen LogP contribution >= 0.6 is 0 Å². The van der Waals surface area contributed by atoms with Gasteiger partial charge in [0, 0.05) is 31.5 Å². The molecule has 1 N–H and O–H groups in total. The van der Waals surface area contributed by atoms with Gasteiger partial charge in [0.1, 0.15) is 0 Å². The average molecular weight is 230 g/mol. The highest BCUT2D eigenvalue weighted by Crippen LogP contribution is 2.09. The fraction of sp³-hybridized carbons (Fsp3) is 0.385. The number of pyridine rings is 1. The molecule has 0 aliphatic heterocycles. The van der Waals surface area contributed by atoms with Crippen LogP contribution in [-0.4, -0.2) is 14.8 Å². The first-order valence-electron chi connectivity index (χ1n) is 5.96. The topological polar surface area (TPSA) is 42.7 Å². The molecule has 0 radical (unpaired) electrons. The lowest BCUT2D eigenvalue weighted by Gasteiger charge is -2.13. The van der Waals surface area contributed by atoms with Crippen LogP contribution in [0.1, 0.15) is 31.3 Å². The van der Waals surface area contributed by atoms with Gasteiger partial charge in [-0.1, -0.05) is 6.07 Å². The molecular formula is C13H18N4. The van der Waals surface area contributed by atoms with Crippen molar-refractivity contribution in [3.05, 3.63) is 48.0 Å². The summed E-state index contributed by atoms with van der Waals surface area (Å²) in [4.78, 5) is 4.34. The minimum absolute atomic E-state index is 0.247. The Bertz CT molecular complexity index is 449. The lowest BCUT2D eigenvalue weighted by Crippen LogP contribution is -2.21. The van der Waals surface area contributed by atoms with Crippen molar-refractivity contribution in [3.8, 4) is 0 Å². The Labute approximate surface area is 102 Å². The lowest BCUT2D eigenvalue weighted by atomic mass is 10.2. The molecule has 2 rings (SSSR count). The van der Waals surface area contributed by atoms with Crippen LogP contribution in [0, 0.1) is 0 Å². The van der Waals surface area contributed by atoms with Gasteiger partial charge in [-0.15, -0.1) is 0 Å². The predicted molar refractivity (Wildman–Crippen MR) is 67.4 cm³/mol. The molecule has 0 aromatic carbocycles. The summed E-state index contributed by atoms with van der Waals surface area (Å²) in [5.74, 6) is 0. The third kappa shape index (κ3) is 2.91. The van der Waals surface area contributed by atoms with E-state index in [-0.39, 0.29) is 6.04 Å². The van der Waals surface area contributed by atoms with Crippen molar-refractivity contribution in [1.82, 2.24) is 20.1 Å². The summed E-state index contributed by atoms with van der Waals surface area (Å²) >= 11 is 0. The van der Waals surface area contributed by atoms with E-state index < -0.39 is 0 Å². The van der Waals surface area contributed by atoms with Crippen LogP contribution in [0.2, 0.25) is 0 Å². The third-order valence-electron chi connectivity index (χ3n) is 2.82. The van der Waals surface area contributed by atoms with Gasteiger partial charge in [0.25, 0.3) is 0 Å². The molecule has 2 aromatic rings. The highest BCUT2D eigenvalue weighted by molar-refractivity contribution is 5.08. The van der Waals surface area contributed by atoms with Gasteiger partial charge in [-0.2, -0.15) is 5.10 Å². The van der Waals surface area contributed by atoms with Gasteiger partial charge in [0.05, 0.1) is 11.4 Å². The second kappa shape index (κ2) is 5.59. The number of aromatic nitrogens is 3. The summed E-state index contributed by atoms with van der Waals surface area (Å²) in [5.41, 5.74) is 2.27. The molecule has 0 unspecified atom stereocenters. The first-order chi connectivity index (χ1) is 8.31. The van der Waals surface area contributed by atoms with Crippen LogP contribution < -0.4 is 5.32 Å². The maximum atomic E-state index is 4.34. The first-order valence-corrected chi connectivity index (χ1v) is 5.96. The molecule has 2 heterocycles. The second-order valence-electron chi connectivity index (χ2n) is 4.00. The third-order valence-corrected chi connectivity index (χ3v) is 2.82. The Hall–Kier alpha value is -1.68. The molecule has 4 nitrogen and oxygen atoms in total. The Balaban J connectivity index is 1.95. The van der Waals surface area contributed by atoms with E-state index in [0.29, 0.717) is 0 Å². The van der Waals surface area contributed by atoms with Crippen molar-refractivity contribution < 1.29 is 0 Å². The summed E-state index contributed by atoms with van der Waals surface area (Å²) in [7, 11) is 0. The number of rotatable bonds is 5. The van der Waals surface area contributed by atoms with Crippen molar-refractivity contribution in [1.29, 1.82) is 0 Å². The summed E-state index contributed by atoms with van der Waals surface area (Å²) in [6, 6.07) is 8.27. The first kappa shape index (κ1) is 11.8. The number of nitrogens with one attached hydrogen (secondary N) is 1. The molecular weight excluding hydrogens is 212 g/mol. The molecule has 0 aliphatic carbocycles. The number of hydrogen-bond acceptors (Lipinski definition) is 3. The van der Waals surface area contributed by atoms with Crippen molar-refractivity contribution in [2.75, 3.05) is 0 Å². The maximum Gasteiger partial charge on any atom is 0.0570 e.